The fourth-order valence-electron chi connectivity index (χ4n) is 1.10. The topological polar surface area (TPSA) is 23.8 Å². The fraction of sp³-hybridized carbons (Fsp3) is 0.300. The quantitative estimate of drug-likeness (QED) is 0.688. The molecule has 1 unspecified atom stereocenters. The van der Waals surface area contributed by atoms with Gasteiger partial charge in [-0.1, -0.05) is 19.1 Å². The highest BCUT2D eigenvalue weighted by Gasteiger charge is 2.13. The molecule has 13 heavy (non-hydrogen) atoms. The van der Waals surface area contributed by atoms with Crippen LogP contribution in [0.15, 0.2) is 18.2 Å². The molecule has 1 aromatic rings. The molecule has 0 fully saturated rings. The molecule has 0 aliphatic rings. The van der Waals surface area contributed by atoms with Crippen molar-refractivity contribution in [3.05, 3.63) is 35.1 Å². The smallest absolute Gasteiger partial charge is 0.144 e. The summed E-state index contributed by atoms with van der Waals surface area (Å²) in [5, 5.41) is 8.51. The Morgan fingerprint density at radius 2 is 2.23 bits per heavy atom. The maximum absolute atomic E-state index is 13.3. The molecule has 0 amide bonds. The normalized spacial score (nSPS) is 12.2. The molecule has 0 radical (unpaired) electrons. The third-order valence-electron chi connectivity index (χ3n) is 1.91. The van der Waals surface area contributed by atoms with E-state index in [9.17, 15) is 8.78 Å². The van der Waals surface area contributed by atoms with Crippen LogP contribution >= 0.6 is 0 Å². The fourth-order valence-corrected chi connectivity index (χ4v) is 1.10. The van der Waals surface area contributed by atoms with Crippen molar-refractivity contribution in [3.8, 4) is 6.07 Å². The largest absolute Gasteiger partial charge is 0.250 e. The zero-order chi connectivity index (χ0) is 9.84. The van der Waals surface area contributed by atoms with Gasteiger partial charge in [0.1, 0.15) is 11.9 Å². The lowest BCUT2D eigenvalue weighted by atomic mass is 10.00. The van der Waals surface area contributed by atoms with Crippen molar-refractivity contribution in [2.24, 2.45) is 0 Å². The summed E-state index contributed by atoms with van der Waals surface area (Å²) in [5.74, 6) is -1.09. The first kappa shape index (κ1) is 9.66. The molecule has 0 aromatic heterocycles. The molecule has 0 bridgehead atoms. The van der Waals surface area contributed by atoms with Gasteiger partial charge in [0, 0.05) is 5.92 Å². The minimum atomic E-state index is -0.619. The van der Waals surface area contributed by atoms with Gasteiger partial charge in [-0.3, -0.25) is 4.39 Å². The summed E-state index contributed by atoms with van der Waals surface area (Å²) < 4.78 is 25.6. The van der Waals surface area contributed by atoms with Crippen molar-refractivity contribution < 1.29 is 8.78 Å². The van der Waals surface area contributed by atoms with Crippen molar-refractivity contribution in [3.63, 3.8) is 0 Å². The molecule has 3 heteroatoms. The molecule has 0 N–H and O–H groups in total. The minimum Gasteiger partial charge on any atom is -0.250 e. The van der Waals surface area contributed by atoms with Crippen LogP contribution in [0.4, 0.5) is 8.78 Å². The zero-order valence-electron chi connectivity index (χ0n) is 7.22. The predicted molar refractivity (Wildman–Crippen MR) is 45.5 cm³/mol. The summed E-state index contributed by atoms with van der Waals surface area (Å²) in [7, 11) is 0. The van der Waals surface area contributed by atoms with E-state index >= 15 is 0 Å². The van der Waals surface area contributed by atoms with Crippen LogP contribution in [0.2, 0.25) is 0 Å². The van der Waals surface area contributed by atoms with Gasteiger partial charge < -0.3 is 0 Å². The summed E-state index contributed by atoms with van der Waals surface area (Å²) >= 11 is 0. The summed E-state index contributed by atoms with van der Waals surface area (Å²) in [4.78, 5) is 0. The van der Waals surface area contributed by atoms with E-state index in [1.54, 1.807) is 19.1 Å². The van der Waals surface area contributed by atoms with Crippen LogP contribution in [-0.2, 0) is 0 Å². The molecule has 0 aliphatic carbocycles. The van der Waals surface area contributed by atoms with Crippen LogP contribution in [0.25, 0.3) is 0 Å². The second-order valence-electron chi connectivity index (χ2n) is 2.88. The number of rotatable bonds is 2. The predicted octanol–water partition coefficient (Wildman–Crippen LogP) is 2.77. The average Bonchev–Trinajstić information content (AvgIpc) is 2.17. The highest BCUT2D eigenvalue weighted by molar-refractivity contribution is 5.36. The Kier molecular flexibility index (Phi) is 2.97. The Hall–Kier alpha value is -1.43. The summed E-state index contributed by atoms with van der Waals surface area (Å²) in [6, 6.07) is 6.15. The SMILES string of the molecule is CC(CF)c1cccc(C#N)c1F. The van der Waals surface area contributed by atoms with Crippen molar-refractivity contribution in [2.75, 3.05) is 6.67 Å². The van der Waals surface area contributed by atoms with Crippen LogP contribution in [0.5, 0.6) is 0 Å². The maximum atomic E-state index is 13.3. The zero-order valence-corrected chi connectivity index (χ0v) is 7.22. The van der Waals surface area contributed by atoms with Crippen LogP contribution in [-0.4, -0.2) is 6.67 Å². The van der Waals surface area contributed by atoms with Crippen LogP contribution in [0.3, 0.4) is 0 Å². The highest BCUT2D eigenvalue weighted by Crippen LogP contribution is 2.21. The van der Waals surface area contributed by atoms with Gasteiger partial charge in [-0.2, -0.15) is 5.26 Å². The van der Waals surface area contributed by atoms with Crippen molar-refractivity contribution in [1.29, 1.82) is 5.26 Å². The lowest BCUT2D eigenvalue weighted by Crippen LogP contribution is -2.00. The Balaban J connectivity index is 3.17. The molecular weight excluding hydrogens is 172 g/mol. The highest BCUT2D eigenvalue weighted by atomic mass is 19.1. The maximum Gasteiger partial charge on any atom is 0.144 e. The van der Waals surface area contributed by atoms with Gasteiger partial charge in [0.2, 0.25) is 0 Å². The van der Waals surface area contributed by atoms with Crippen LogP contribution in [0.1, 0.15) is 24.0 Å². The third-order valence-corrected chi connectivity index (χ3v) is 1.91. The first-order valence-electron chi connectivity index (χ1n) is 3.95. The second kappa shape index (κ2) is 3.99. The molecule has 1 nitrogen and oxygen atoms in total. The molecule has 0 aliphatic heterocycles. The van der Waals surface area contributed by atoms with Crippen LogP contribution in [0, 0.1) is 17.1 Å². The molecule has 1 rings (SSSR count). The van der Waals surface area contributed by atoms with Gasteiger partial charge in [0.15, 0.2) is 0 Å². The molecular formula is C10H9F2N. The molecule has 1 atom stereocenters. The first-order valence-corrected chi connectivity index (χ1v) is 3.95. The van der Waals surface area contributed by atoms with Gasteiger partial charge in [-0.15, -0.1) is 0 Å². The lowest BCUT2D eigenvalue weighted by Gasteiger charge is -2.08. The minimum absolute atomic E-state index is 0.0298. The Labute approximate surface area is 75.6 Å². The number of hydrogen-bond donors (Lipinski definition) is 0. The summed E-state index contributed by atoms with van der Waals surface area (Å²) in [6.45, 7) is 0.964. The molecule has 1 aromatic carbocycles. The van der Waals surface area contributed by atoms with Gasteiger partial charge in [0.25, 0.3) is 0 Å². The van der Waals surface area contributed by atoms with Crippen LogP contribution < -0.4 is 0 Å². The number of alkyl halides is 1. The summed E-state index contributed by atoms with van der Waals surface area (Å²) in [6.07, 6.45) is 0. The molecule has 68 valence electrons. The standard InChI is InChI=1S/C10H9F2N/c1-7(5-11)9-4-2-3-8(6-13)10(9)12/h2-4,7H,5H2,1H3. The van der Waals surface area contributed by atoms with Gasteiger partial charge in [-0.05, 0) is 11.6 Å². The van der Waals surface area contributed by atoms with Gasteiger partial charge in [-0.25, -0.2) is 4.39 Å². The van der Waals surface area contributed by atoms with Gasteiger partial charge >= 0.3 is 0 Å². The first-order chi connectivity index (χ1) is 6.20. The summed E-state index contributed by atoms with van der Waals surface area (Å²) in [5.41, 5.74) is 0.236. The number of nitrogens with zero attached hydrogens (tertiary/aromatic N) is 1. The molecule has 0 spiro atoms. The van der Waals surface area contributed by atoms with E-state index in [0.29, 0.717) is 0 Å². The van der Waals surface area contributed by atoms with Crippen molar-refractivity contribution >= 4 is 0 Å². The Bertz CT molecular complexity index is 341. The monoisotopic (exact) mass is 181 g/mol. The number of benzene rings is 1. The molecule has 0 saturated carbocycles. The number of nitriles is 1. The molecule has 0 saturated heterocycles. The lowest BCUT2D eigenvalue weighted by molar-refractivity contribution is 0.436. The van der Waals surface area contributed by atoms with E-state index in [2.05, 4.69) is 0 Å². The number of hydrogen-bond acceptors (Lipinski definition) is 1. The van der Waals surface area contributed by atoms with E-state index in [1.165, 1.54) is 12.1 Å². The Morgan fingerprint density at radius 3 is 2.77 bits per heavy atom. The third kappa shape index (κ3) is 1.83. The second-order valence-corrected chi connectivity index (χ2v) is 2.88. The van der Waals surface area contributed by atoms with Gasteiger partial charge in [0.05, 0.1) is 12.2 Å². The van der Waals surface area contributed by atoms with E-state index in [0.717, 1.165) is 0 Å². The van der Waals surface area contributed by atoms with Crippen molar-refractivity contribution in [2.45, 2.75) is 12.8 Å². The molecule has 0 heterocycles. The average molecular weight is 181 g/mol. The van der Waals surface area contributed by atoms with E-state index in [-0.39, 0.29) is 11.1 Å². The van der Waals surface area contributed by atoms with E-state index in [4.69, 9.17) is 5.26 Å². The van der Waals surface area contributed by atoms with Crippen molar-refractivity contribution in [1.82, 2.24) is 0 Å². The van der Waals surface area contributed by atoms with E-state index < -0.39 is 18.4 Å². The number of halogens is 2. The Morgan fingerprint density at radius 1 is 1.54 bits per heavy atom. The van der Waals surface area contributed by atoms with E-state index in [1.807, 2.05) is 0 Å².